The summed E-state index contributed by atoms with van der Waals surface area (Å²) in [5.41, 5.74) is 4.99. The van der Waals surface area contributed by atoms with Gasteiger partial charge in [-0.1, -0.05) is 6.08 Å². The van der Waals surface area contributed by atoms with E-state index < -0.39 is 11.9 Å². The first-order valence-electron chi connectivity index (χ1n) is 4.07. The van der Waals surface area contributed by atoms with Crippen LogP contribution in [-0.4, -0.2) is 34.4 Å². The van der Waals surface area contributed by atoms with Crippen molar-refractivity contribution in [2.45, 2.75) is 12.5 Å². The van der Waals surface area contributed by atoms with Gasteiger partial charge < -0.3 is 11.1 Å². The van der Waals surface area contributed by atoms with Crippen LogP contribution in [-0.2, 0) is 9.59 Å². The topological polar surface area (TPSA) is 75.4 Å². The van der Waals surface area contributed by atoms with E-state index in [1.54, 1.807) is 6.08 Å². The molecule has 1 aliphatic rings. The van der Waals surface area contributed by atoms with Gasteiger partial charge in [-0.25, -0.2) is 0 Å². The lowest BCUT2D eigenvalue weighted by Crippen LogP contribution is -2.34. The fourth-order valence-electron chi connectivity index (χ4n) is 1.22. The number of amides is 2. The summed E-state index contributed by atoms with van der Waals surface area (Å²) in [6.45, 7) is 3.85. The van der Waals surface area contributed by atoms with Crippen LogP contribution >= 0.6 is 12.2 Å². The Hall–Kier alpha value is -1.43. The molecule has 0 aliphatic carbocycles. The summed E-state index contributed by atoms with van der Waals surface area (Å²) in [6.07, 6.45) is 1.53. The van der Waals surface area contributed by atoms with Crippen LogP contribution in [0.15, 0.2) is 12.7 Å². The first kappa shape index (κ1) is 10.6. The highest BCUT2D eigenvalue weighted by molar-refractivity contribution is 7.80. The average molecular weight is 213 g/mol. The molecular formula is C8H11N3O2S. The van der Waals surface area contributed by atoms with E-state index in [9.17, 15) is 9.59 Å². The standard InChI is InChI=1S/C8H11N3O2S/c1-2-3-11-7(13)5(4-6(9)12)10-8(11)14/h2,5H,1,3-4H2,(H2,9,12)(H,10,14). The lowest BCUT2D eigenvalue weighted by atomic mass is 10.2. The molecule has 1 rings (SSSR count). The second-order valence-corrected chi connectivity index (χ2v) is 3.30. The minimum Gasteiger partial charge on any atom is -0.370 e. The van der Waals surface area contributed by atoms with Crippen LogP contribution in [0.1, 0.15) is 6.42 Å². The molecule has 1 saturated heterocycles. The van der Waals surface area contributed by atoms with E-state index in [0.29, 0.717) is 11.7 Å². The number of carbonyl (C=O) groups is 2. The van der Waals surface area contributed by atoms with Crippen molar-refractivity contribution in [3.8, 4) is 0 Å². The molecule has 2 amide bonds. The van der Waals surface area contributed by atoms with Gasteiger partial charge in [0.25, 0.3) is 5.91 Å². The first-order chi connectivity index (χ1) is 6.56. The van der Waals surface area contributed by atoms with Crippen LogP contribution in [0, 0.1) is 0 Å². The van der Waals surface area contributed by atoms with Crippen molar-refractivity contribution in [3.05, 3.63) is 12.7 Å². The van der Waals surface area contributed by atoms with Gasteiger partial charge in [-0.2, -0.15) is 0 Å². The zero-order valence-corrected chi connectivity index (χ0v) is 8.34. The predicted octanol–water partition coefficient (Wildman–Crippen LogP) is -0.867. The van der Waals surface area contributed by atoms with E-state index in [0.717, 1.165) is 0 Å². The number of nitrogens with one attached hydrogen (secondary N) is 1. The van der Waals surface area contributed by atoms with E-state index in [-0.39, 0.29) is 12.3 Å². The van der Waals surface area contributed by atoms with Gasteiger partial charge in [-0.15, -0.1) is 6.58 Å². The molecule has 0 spiro atoms. The average Bonchev–Trinajstić information content (AvgIpc) is 2.32. The minimum absolute atomic E-state index is 0.0351. The van der Waals surface area contributed by atoms with Gasteiger partial charge in [0.2, 0.25) is 5.91 Å². The van der Waals surface area contributed by atoms with Crippen LogP contribution in [0.4, 0.5) is 0 Å². The molecule has 1 heterocycles. The van der Waals surface area contributed by atoms with E-state index in [2.05, 4.69) is 11.9 Å². The highest BCUT2D eigenvalue weighted by atomic mass is 32.1. The molecule has 0 aromatic rings. The monoisotopic (exact) mass is 213 g/mol. The molecule has 14 heavy (non-hydrogen) atoms. The summed E-state index contributed by atoms with van der Waals surface area (Å²) in [6, 6.07) is -0.611. The van der Waals surface area contributed by atoms with Crippen LogP contribution in [0.3, 0.4) is 0 Å². The van der Waals surface area contributed by atoms with Gasteiger partial charge in [-0.05, 0) is 12.2 Å². The summed E-state index contributed by atoms with van der Waals surface area (Å²) >= 11 is 4.91. The Morgan fingerprint density at radius 3 is 2.93 bits per heavy atom. The summed E-state index contributed by atoms with van der Waals surface area (Å²) in [5, 5.41) is 3.05. The van der Waals surface area contributed by atoms with E-state index in [4.69, 9.17) is 18.0 Å². The van der Waals surface area contributed by atoms with Crippen LogP contribution in [0.2, 0.25) is 0 Å². The van der Waals surface area contributed by atoms with Crippen molar-refractivity contribution in [1.82, 2.24) is 10.2 Å². The third kappa shape index (κ3) is 2.08. The Balaban J connectivity index is 2.68. The van der Waals surface area contributed by atoms with Crippen molar-refractivity contribution in [2.24, 2.45) is 5.73 Å². The summed E-state index contributed by atoms with van der Waals surface area (Å²) in [5.74, 6) is -0.757. The molecule has 5 nitrogen and oxygen atoms in total. The minimum atomic E-state index is -0.611. The SMILES string of the molecule is C=CCN1C(=O)C(CC(N)=O)NC1=S. The molecule has 0 aromatic heterocycles. The summed E-state index contributed by atoms with van der Waals surface area (Å²) in [7, 11) is 0. The first-order valence-corrected chi connectivity index (χ1v) is 4.48. The molecule has 1 atom stereocenters. The lowest BCUT2D eigenvalue weighted by molar-refractivity contribution is -0.129. The smallest absolute Gasteiger partial charge is 0.252 e. The van der Waals surface area contributed by atoms with E-state index in [1.807, 2.05) is 0 Å². The zero-order valence-electron chi connectivity index (χ0n) is 7.53. The van der Waals surface area contributed by atoms with Crippen molar-refractivity contribution in [1.29, 1.82) is 0 Å². The second-order valence-electron chi connectivity index (χ2n) is 2.91. The predicted molar refractivity (Wildman–Crippen MR) is 55.2 cm³/mol. The molecule has 76 valence electrons. The van der Waals surface area contributed by atoms with Gasteiger partial charge >= 0.3 is 0 Å². The molecule has 3 N–H and O–H groups in total. The number of carbonyl (C=O) groups excluding carboxylic acids is 2. The van der Waals surface area contributed by atoms with Crippen molar-refractivity contribution in [2.75, 3.05) is 6.54 Å². The molecule has 0 bridgehead atoms. The zero-order chi connectivity index (χ0) is 10.7. The van der Waals surface area contributed by atoms with Gasteiger partial charge in [0, 0.05) is 6.54 Å². The number of hydrogen-bond acceptors (Lipinski definition) is 3. The lowest BCUT2D eigenvalue weighted by Gasteiger charge is -2.10. The number of thiocarbonyl (C=S) groups is 1. The quantitative estimate of drug-likeness (QED) is 0.470. The number of nitrogens with two attached hydrogens (primary N) is 1. The molecule has 6 heteroatoms. The van der Waals surface area contributed by atoms with Crippen LogP contribution < -0.4 is 11.1 Å². The molecule has 0 saturated carbocycles. The number of rotatable bonds is 4. The van der Waals surface area contributed by atoms with Crippen molar-refractivity contribution in [3.63, 3.8) is 0 Å². The van der Waals surface area contributed by atoms with Crippen LogP contribution in [0.25, 0.3) is 0 Å². The van der Waals surface area contributed by atoms with Gasteiger partial charge in [-0.3, -0.25) is 14.5 Å². The van der Waals surface area contributed by atoms with Crippen molar-refractivity contribution >= 4 is 29.1 Å². The van der Waals surface area contributed by atoms with Crippen LogP contribution in [0.5, 0.6) is 0 Å². The summed E-state index contributed by atoms with van der Waals surface area (Å²) in [4.78, 5) is 23.5. The van der Waals surface area contributed by atoms with E-state index in [1.165, 1.54) is 4.90 Å². The largest absolute Gasteiger partial charge is 0.370 e. The second kappa shape index (κ2) is 4.19. The maximum Gasteiger partial charge on any atom is 0.252 e. The third-order valence-corrected chi connectivity index (χ3v) is 2.16. The fraction of sp³-hybridized carbons (Fsp3) is 0.375. The van der Waals surface area contributed by atoms with Gasteiger partial charge in [0.05, 0.1) is 6.42 Å². The van der Waals surface area contributed by atoms with Gasteiger partial charge in [0.15, 0.2) is 5.11 Å². The Morgan fingerprint density at radius 1 is 1.79 bits per heavy atom. The van der Waals surface area contributed by atoms with Gasteiger partial charge in [0.1, 0.15) is 6.04 Å². The normalized spacial score (nSPS) is 20.9. The maximum atomic E-state index is 11.6. The molecule has 0 aromatic carbocycles. The number of nitrogens with zero attached hydrogens (tertiary/aromatic N) is 1. The molecule has 1 unspecified atom stereocenters. The summed E-state index contributed by atoms with van der Waals surface area (Å²) < 4.78 is 0. The molecular weight excluding hydrogens is 202 g/mol. The van der Waals surface area contributed by atoms with Crippen molar-refractivity contribution < 1.29 is 9.59 Å². The third-order valence-electron chi connectivity index (χ3n) is 1.82. The number of hydrogen-bond donors (Lipinski definition) is 2. The molecule has 0 radical (unpaired) electrons. The molecule has 1 aliphatic heterocycles. The Labute approximate surface area is 86.9 Å². The Kier molecular flexibility index (Phi) is 3.19. The molecule has 1 fully saturated rings. The fourth-order valence-corrected chi connectivity index (χ4v) is 1.53. The van der Waals surface area contributed by atoms with E-state index >= 15 is 0 Å². The highest BCUT2D eigenvalue weighted by Crippen LogP contribution is 2.08. The maximum absolute atomic E-state index is 11.6. The Morgan fingerprint density at radius 2 is 2.43 bits per heavy atom. The highest BCUT2D eigenvalue weighted by Gasteiger charge is 2.35. The Bertz CT molecular complexity index is 303. The number of primary amides is 1.